The molecule has 0 amide bonds. The van der Waals surface area contributed by atoms with Gasteiger partial charge in [-0.1, -0.05) is 42.5 Å². The van der Waals surface area contributed by atoms with Crippen LogP contribution < -0.4 is 5.32 Å². The molecule has 2 aromatic carbocycles. The molecule has 4 nitrogen and oxygen atoms in total. The summed E-state index contributed by atoms with van der Waals surface area (Å²) in [6.07, 6.45) is 3.40. The molecule has 0 aliphatic heterocycles. The summed E-state index contributed by atoms with van der Waals surface area (Å²) in [5, 5.41) is 13.4. The lowest BCUT2D eigenvalue weighted by Gasteiger charge is -2.33. The van der Waals surface area contributed by atoms with Crippen LogP contribution in [0, 0.1) is 25.7 Å². The third-order valence-corrected chi connectivity index (χ3v) is 6.33. The molecular formula is C24H30N2O2S. The lowest BCUT2D eigenvalue weighted by atomic mass is 9.82. The Morgan fingerprint density at radius 1 is 1.03 bits per heavy atom. The van der Waals surface area contributed by atoms with Crippen molar-refractivity contribution in [3.8, 4) is 0 Å². The topological polar surface area (TPSA) is 52.6 Å². The molecule has 154 valence electrons. The molecule has 29 heavy (non-hydrogen) atoms. The van der Waals surface area contributed by atoms with Gasteiger partial charge in [0.1, 0.15) is 0 Å². The van der Waals surface area contributed by atoms with Crippen molar-refractivity contribution in [2.75, 3.05) is 11.9 Å². The minimum Gasteiger partial charge on any atom is -0.481 e. The zero-order chi connectivity index (χ0) is 20.8. The predicted molar refractivity (Wildman–Crippen MR) is 122 cm³/mol. The number of nitrogens with zero attached hydrogens (tertiary/aromatic N) is 1. The van der Waals surface area contributed by atoms with Crippen molar-refractivity contribution in [2.45, 2.75) is 46.1 Å². The normalized spacial score (nSPS) is 18.8. The SMILES string of the molecule is Cc1ccccc1CN(CC1CCC(C(=O)O)CC1)C(=S)Nc1ccccc1C. The molecule has 0 unspecified atom stereocenters. The number of aliphatic carboxylic acids is 1. The summed E-state index contributed by atoms with van der Waals surface area (Å²) in [5.74, 6) is -0.378. The van der Waals surface area contributed by atoms with Crippen LogP contribution in [0.1, 0.15) is 42.4 Å². The van der Waals surface area contributed by atoms with Crippen LogP contribution in [0.2, 0.25) is 0 Å². The van der Waals surface area contributed by atoms with E-state index in [0.717, 1.165) is 55.1 Å². The van der Waals surface area contributed by atoms with Crippen LogP contribution in [0.25, 0.3) is 0 Å². The van der Waals surface area contributed by atoms with E-state index in [-0.39, 0.29) is 5.92 Å². The molecule has 1 aliphatic rings. The number of carboxylic acid groups (broad SMARTS) is 1. The minimum absolute atomic E-state index is 0.187. The molecule has 0 radical (unpaired) electrons. The van der Waals surface area contributed by atoms with Crippen LogP contribution in [0.4, 0.5) is 5.69 Å². The molecule has 2 aromatic rings. The molecule has 3 rings (SSSR count). The largest absolute Gasteiger partial charge is 0.481 e. The second-order valence-corrected chi connectivity index (χ2v) is 8.49. The first kappa shape index (κ1) is 21.3. The maximum absolute atomic E-state index is 11.3. The van der Waals surface area contributed by atoms with Crippen LogP contribution >= 0.6 is 12.2 Å². The van der Waals surface area contributed by atoms with Gasteiger partial charge in [0, 0.05) is 18.8 Å². The monoisotopic (exact) mass is 410 g/mol. The fraction of sp³-hybridized carbons (Fsp3) is 0.417. The van der Waals surface area contributed by atoms with Gasteiger partial charge in [0.05, 0.1) is 5.92 Å². The van der Waals surface area contributed by atoms with Crippen molar-refractivity contribution in [3.63, 3.8) is 0 Å². The van der Waals surface area contributed by atoms with Crippen LogP contribution in [-0.2, 0) is 11.3 Å². The Bertz CT molecular complexity index is 859. The standard InChI is InChI=1S/C24H30N2O2S/c1-17-7-3-5-9-21(17)16-26(15-19-11-13-20(14-12-19)23(27)28)24(29)25-22-10-6-4-8-18(22)2/h3-10,19-20H,11-16H2,1-2H3,(H,25,29)(H,27,28). The average molecular weight is 411 g/mol. The van der Waals surface area contributed by atoms with Crippen molar-refractivity contribution < 1.29 is 9.90 Å². The number of carbonyl (C=O) groups is 1. The van der Waals surface area contributed by atoms with Gasteiger partial charge in [-0.2, -0.15) is 0 Å². The quantitative estimate of drug-likeness (QED) is 0.625. The Kier molecular flexibility index (Phi) is 7.26. The molecule has 0 saturated heterocycles. The number of carboxylic acids is 1. The van der Waals surface area contributed by atoms with E-state index in [1.807, 2.05) is 18.2 Å². The zero-order valence-corrected chi connectivity index (χ0v) is 18.0. The number of nitrogens with one attached hydrogen (secondary N) is 1. The van der Waals surface area contributed by atoms with E-state index in [1.165, 1.54) is 11.1 Å². The Hall–Kier alpha value is -2.40. The number of anilines is 1. The van der Waals surface area contributed by atoms with E-state index in [4.69, 9.17) is 12.2 Å². The fourth-order valence-electron chi connectivity index (χ4n) is 4.02. The van der Waals surface area contributed by atoms with Crippen LogP contribution in [0.15, 0.2) is 48.5 Å². The number of benzene rings is 2. The number of para-hydroxylation sites is 1. The van der Waals surface area contributed by atoms with Gasteiger partial charge >= 0.3 is 5.97 Å². The van der Waals surface area contributed by atoms with Crippen molar-refractivity contribution in [1.82, 2.24) is 4.90 Å². The lowest BCUT2D eigenvalue weighted by molar-refractivity contribution is -0.143. The molecule has 0 heterocycles. The fourth-order valence-corrected chi connectivity index (χ4v) is 4.27. The van der Waals surface area contributed by atoms with Gasteiger partial charge in [0.2, 0.25) is 0 Å². The Balaban J connectivity index is 1.73. The summed E-state index contributed by atoms with van der Waals surface area (Å²) in [6.45, 7) is 5.80. The summed E-state index contributed by atoms with van der Waals surface area (Å²) >= 11 is 5.81. The lowest BCUT2D eigenvalue weighted by Crippen LogP contribution is -2.39. The molecular weight excluding hydrogens is 380 g/mol. The first-order valence-corrected chi connectivity index (χ1v) is 10.7. The highest BCUT2D eigenvalue weighted by atomic mass is 32.1. The molecule has 0 aromatic heterocycles. The summed E-state index contributed by atoms with van der Waals surface area (Å²) in [4.78, 5) is 13.5. The van der Waals surface area contributed by atoms with Crippen LogP contribution in [0.3, 0.4) is 0 Å². The number of aryl methyl sites for hydroxylation is 2. The van der Waals surface area contributed by atoms with Crippen LogP contribution in [-0.4, -0.2) is 27.6 Å². The van der Waals surface area contributed by atoms with E-state index >= 15 is 0 Å². The average Bonchev–Trinajstić information content (AvgIpc) is 2.71. The predicted octanol–water partition coefficient (Wildman–Crippen LogP) is 5.39. The number of hydrogen-bond donors (Lipinski definition) is 2. The number of thiocarbonyl (C=S) groups is 1. The molecule has 2 N–H and O–H groups in total. The number of hydrogen-bond acceptors (Lipinski definition) is 2. The van der Waals surface area contributed by atoms with Gasteiger partial charge in [0.25, 0.3) is 0 Å². The van der Waals surface area contributed by atoms with E-state index in [2.05, 4.69) is 54.4 Å². The molecule has 1 aliphatic carbocycles. The van der Waals surface area contributed by atoms with E-state index in [9.17, 15) is 9.90 Å². The van der Waals surface area contributed by atoms with Crippen molar-refractivity contribution >= 4 is 29.0 Å². The first-order valence-electron chi connectivity index (χ1n) is 10.3. The zero-order valence-electron chi connectivity index (χ0n) is 17.2. The molecule has 1 saturated carbocycles. The third kappa shape index (κ3) is 5.80. The van der Waals surface area contributed by atoms with Gasteiger partial charge in [-0.3, -0.25) is 4.79 Å². The highest BCUT2D eigenvalue weighted by molar-refractivity contribution is 7.80. The summed E-state index contributed by atoms with van der Waals surface area (Å²) in [6, 6.07) is 16.6. The Morgan fingerprint density at radius 2 is 1.66 bits per heavy atom. The smallest absolute Gasteiger partial charge is 0.306 e. The first-order chi connectivity index (χ1) is 13.9. The number of rotatable bonds is 6. The van der Waals surface area contributed by atoms with Gasteiger partial charge < -0.3 is 15.3 Å². The second-order valence-electron chi connectivity index (χ2n) is 8.11. The minimum atomic E-state index is -0.656. The van der Waals surface area contributed by atoms with Crippen molar-refractivity contribution in [3.05, 3.63) is 65.2 Å². The van der Waals surface area contributed by atoms with Gasteiger partial charge in [-0.15, -0.1) is 0 Å². The third-order valence-electron chi connectivity index (χ3n) is 5.97. The highest BCUT2D eigenvalue weighted by Gasteiger charge is 2.27. The van der Waals surface area contributed by atoms with E-state index in [0.29, 0.717) is 5.92 Å². The van der Waals surface area contributed by atoms with Gasteiger partial charge in [0.15, 0.2) is 5.11 Å². The maximum Gasteiger partial charge on any atom is 0.306 e. The van der Waals surface area contributed by atoms with Crippen LogP contribution in [0.5, 0.6) is 0 Å². The summed E-state index contributed by atoms with van der Waals surface area (Å²) in [7, 11) is 0. The molecule has 1 fully saturated rings. The van der Waals surface area contributed by atoms with Crippen molar-refractivity contribution in [1.29, 1.82) is 0 Å². The Labute approximate surface area is 178 Å². The van der Waals surface area contributed by atoms with Gasteiger partial charge in [-0.25, -0.2) is 0 Å². The Morgan fingerprint density at radius 3 is 2.28 bits per heavy atom. The van der Waals surface area contributed by atoms with Crippen molar-refractivity contribution in [2.24, 2.45) is 11.8 Å². The maximum atomic E-state index is 11.3. The highest BCUT2D eigenvalue weighted by Crippen LogP contribution is 2.30. The molecule has 0 spiro atoms. The van der Waals surface area contributed by atoms with Gasteiger partial charge in [-0.05, 0) is 80.4 Å². The summed E-state index contributed by atoms with van der Waals surface area (Å²) in [5.41, 5.74) is 4.71. The van der Waals surface area contributed by atoms with E-state index in [1.54, 1.807) is 0 Å². The molecule has 5 heteroatoms. The van der Waals surface area contributed by atoms with E-state index < -0.39 is 5.97 Å². The summed E-state index contributed by atoms with van der Waals surface area (Å²) < 4.78 is 0. The molecule has 0 bridgehead atoms. The second kappa shape index (κ2) is 9.88. The molecule has 0 atom stereocenters.